The van der Waals surface area contributed by atoms with Crippen LogP contribution in [0.2, 0.25) is 0 Å². The molecule has 0 atom stereocenters. The van der Waals surface area contributed by atoms with Crippen molar-refractivity contribution in [3.63, 3.8) is 0 Å². The molecule has 4 rings (SSSR count). The largest absolute Gasteiger partial charge is 0.0622 e. The average Bonchev–Trinajstić information content (AvgIpc) is 2.69. The Morgan fingerprint density at radius 3 is 1.64 bits per heavy atom. The van der Waals surface area contributed by atoms with E-state index in [1.807, 2.05) is 0 Å². The molecule has 0 bridgehead atoms. The first kappa shape index (κ1) is 15.4. The van der Waals surface area contributed by atoms with E-state index in [1.165, 1.54) is 38.9 Å². The molecule has 0 aliphatic heterocycles. The molecule has 0 nitrogen and oxygen atoms in total. The van der Waals surface area contributed by atoms with Crippen molar-refractivity contribution in [3.8, 4) is 33.4 Å². The van der Waals surface area contributed by atoms with E-state index < -0.39 is 0 Å². The molecule has 0 saturated heterocycles. The molecule has 0 heteroatoms. The van der Waals surface area contributed by atoms with E-state index >= 15 is 0 Å². The van der Waals surface area contributed by atoms with Crippen molar-refractivity contribution >= 4 is 0 Å². The molecule has 0 N–H and O–H groups in total. The summed E-state index contributed by atoms with van der Waals surface area (Å²) in [6, 6.07) is 36.6. The fraction of sp³-hybridized carbons (Fsp3) is 0.0400. The number of hydrogen-bond donors (Lipinski definition) is 0. The van der Waals surface area contributed by atoms with Gasteiger partial charge in [0.1, 0.15) is 0 Å². The maximum atomic E-state index is 2.28. The van der Waals surface area contributed by atoms with E-state index in [1.54, 1.807) is 0 Å². The summed E-state index contributed by atoms with van der Waals surface area (Å²) < 4.78 is 0. The van der Waals surface area contributed by atoms with E-state index in [2.05, 4.69) is 110 Å². The average molecular weight is 320 g/mol. The van der Waals surface area contributed by atoms with Gasteiger partial charge in [0.25, 0.3) is 0 Å². The summed E-state index contributed by atoms with van der Waals surface area (Å²) in [5.41, 5.74) is 8.87. The molecule has 0 aliphatic carbocycles. The van der Waals surface area contributed by atoms with Crippen LogP contribution in [-0.4, -0.2) is 0 Å². The van der Waals surface area contributed by atoms with Gasteiger partial charge in [-0.1, -0.05) is 97.1 Å². The number of benzene rings is 4. The van der Waals surface area contributed by atoms with Gasteiger partial charge < -0.3 is 0 Å². The Morgan fingerprint density at radius 2 is 0.920 bits per heavy atom. The van der Waals surface area contributed by atoms with Gasteiger partial charge in [0, 0.05) is 0 Å². The first-order valence-electron chi connectivity index (χ1n) is 8.63. The fourth-order valence-corrected chi connectivity index (χ4v) is 3.25. The van der Waals surface area contributed by atoms with E-state index in [0.717, 1.165) is 0 Å². The maximum Gasteiger partial charge on any atom is -0.0155 e. The van der Waals surface area contributed by atoms with Crippen LogP contribution >= 0.6 is 0 Å². The monoisotopic (exact) mass is 320 g/mol. The molecule has 0 fully saturated rings. The molecule has 0 amide bonds. The molecular weight excluding hydrogens is 300 g/mol. The van der Waals surface area contributed by atoms with Gasteiger partial charge in [-0.05, 0) is 51.9 Å². The standard InChI is InChI=1S/C25H20/c1-19-8-5-6-13-25(19)24-12-7-11-23(18-24)22-16-14-21(15-17-22)20-9-3-2-4-10-20/h2-18H,1H3. The van der Waals surface area contributed by atoms with Gasteiger partial charge in [-0.15, -0.1) is 0 Å². The molecule has 0 unspecified atom stereocenters. The van der Waals surface area contributed by atoms with Crippen molar-refractivity contribution < 1.29 is 0 Å². The molecule has 4 aromatic rings. The third kappa shape index (κ3) is 3.25. The van der Waals surface area contributed by atoms with Crippen LogP contribution in [0.1, 0.15) is 5.56 Å². The molecule has 25 heavy (non-hydrogen) atoms. The van der Waals surface area contributed by atoms with Gasteiger partial charge >= 0.3 is 0 Å². The Balaban J connectivity index is 1.69. The third-order valence-electron chi connectivity index (χ3n) is 4.64. The van der Waals surface area contributed by atoms with Gasteiger partial charge in [0.2, 0.25) is 0 Å². The van der Waals surface area contributed by atoms with Crippen LogP contribution in [0.15, 0.2) is 103 Å². The predicted molar refractivity (Wildman–Crippen MR) is 107 cm³/mol. The van der Waals surface area contributed by atoms with Crippen molar-refractivity contribution in [1.82, 2.24) is 0 Å². The smallest absolute Gasteiger partial charge is 0.0155 e. The molecule has 120 valence electrons. The van der Waals surface area contributed by atoms with E-state index in [-0.39, 0.29) is 0 Å². The Kier molecular flexibility index (Phi) is 4.18. The minimum atomic E-state index is 1.25. The zero-order chi connectivity index (χ0) is 17.1. The number of rotatable bonds is 3. The Bertz CT molecular complexity index is 980. The normalized spacial score (nSPS) is 10.6. The second kappa shape index (κ2) is 6.78. The molecule has 0 saturated carbocycles. The second-order valence-corrected chi connectivity index (χ2v) is 6.34. The van der Waals surface area contributed by atoms with E-state index in [0.29, 0.717) is 0 Å². The lowest BCUT2D eigenvalue weighted by Gasteiger charge is -2.09. The lowest BCUT2D eigenvalue weighted by molar-refractivity contribution is 1.46. The van der Waals surface area contributed by atoms with Crippen LogP contribution in [0.5, 0.6) is 0 Å². The van der Waals surface area contributed by atoms with E-state index in [4.69, 9.17) is 0 Å². The van der Waals surface area contributed by atoms with Crippen LogP contribution in [0.25, 0.3) is 33.4 Å². The highest BCUT2D eigenvalue weighted by atomic mass is 14.1. The summed E-state index contributed by atoms with van der Waals surface area (Å²) in [4.78, 5) is 0. The molecular formula is C25H20. The van der Waals surface area contributed by atoms with Crippen LogP contribution in [0.3, 0.4) is 0 Å². The fourth-order valence-electron chi connectivity index (χ4n) is 3.25. The zero-order valence-corrected chi connectivity index (χ0v) is 14.3. The molecule has 0 aliphatic rings. The first-order chi connectivity index (χ1) is 12.3. The SMILES string of the molecule is Cc1ccccc1-c1cccc(-c2ccc(-c3ccccc3)cc2)c1. The summed E-state index contributed by atoms with van der Waals surface area (Å²) in [5, 5.41) is 0. The van der Waals surface area contributed by atoms with Gasteiger partial charge in [0.05, 0.1) is 0 Å². The minimum Gasteiger partial charge on any atom is -0.0622 e. The Hall–Kier alpha value is -3.12. The molecule has 0 radical (unpaired) electrons. The van der Waals surface area contributed by atoms with Gasteiger partial charge in [-0.2, -0.15) is 0 Å². The van der Waals surface area contributed by atoms with Crippen LogP contribution in [0.4, 0.5) is 0 Å². The minimum absolute atomic E-state index is 1.25. The van der Waals surface area contributed by atoms with Crippen LogP contribution in [0, 0.1) is 6.92 Å². The molecule has 0 heterocycles. The summed E-state index contributed by atoms with van der Waals surface area (Å²) in [6.45, 7) is 2.16. The van der Waals surface area contributed by atoms with Crippen molar-refractivity contribution in [1.29, 1.82) is 0 Å². The highest BCUT2D eigenvalue weighted by Gasteiger charge is 2.04. The van der Waals surface area contributed by atoms with Crippen LogP contribution in [-0.2, 0) is 0 Å². The summed E-state index contributed by atoms with van der Waals surface area (Å²) in [6.07, 6.45) is 0. The lowest BCUT2D eigenvalue weighted by atomic mass is 9.95. The van der Waals surface area contributed by atoms with Gasteiger partial charge in [-0.3, -0.25) is 0 Å². The quantitative estimate of drug-likeness (QED) is 0.381. The summed E-state index contributed by atoms with van der Waals surface area (Å²) >= 11 is 0. The highest BCUT2D eigenvalue weighted by molar-refractivity contribution is 5.76. The maximum absolute atomic E-state index is 2.28. The van der Waals surface area contributed by atoms with Crippen molar-refractivity contribution in [2.24, 2.45) is 0 Å². The van der Waals surface area contributed by atoms with Crippen molar-refractivity contribution in [2.45, 2.75) is 6.92 Å². The van der Waals surface area contributed by atoms with Crippen molar-refractivity contribution in [3.05, 3.63) is 109 Å². The molecule has 0 aromatic heterocycles. The Labute approximate surface area is 149 Å². The number of aryl methyl sites for hydroxylation is 1. The van der Waals surface area contributed by atoms with Crippen LogP contribution < -0.4 is 0 Å². The Morgan fingerprint density at radius 1 is 0.400 bits per heavy atom. The third-order valence-corrected chi connectivity index (χ3v) is 4.64. The second-order valence-electron chi connectivity index (χ2n) is 6.34. The lowest BCUT2D eigenvalue weighted by Crippen LogP contribution is -1.85. The highest BCUT2D eigenvalue weighted by Crippen LogP contribution is 2.29. The molecule has 4 aromatic carbocycles. The van der Waals surface area contributed by atoms with Gasteiger partial charge in [0.15, 0.2) is 0 Å². The first-order valence-corrected chi connectivity index (χ1v) is 8.63. The molecule has 0 spiro atoms. The number of hydrogen-bond acceptors (Lipinski definition) is 0. The van der Waals surface area contributed by atoms with E-state index in [9.17, 15) is 0 Å². The van der Waals surface area contributed by atoms with Gasteiger partial charge in [-0.25, -0.2) is 0 Å². The summed E-state index contributed by atoms with van der Waals surface area (Å²) in [7, 11) is 0. The zero-order valence-electron chi connectivity index (χ0n) is 14.3. The van der Waals surface area contributed by atoms with Crippen molar-refractivity contribution in [2.75, 3.05) is 0 Å². The predicted octanol–water partition coefficient (Wildman–Crippen LogP) is 7.00. The summed E-state index contributed by atoms with van der Waals surface area (Å²) in [5.74, 6) is 0. The topological polar surface area (TPSA) is 0 Å².